The number of rotatable bonds is 12. The fraction of sp³-hybridized carbons (Fsp3) is 0.710. The molecule has 7 heteroatoms. The van der Waals surface area contributed by atoms with Gasteiger partial charge in [-0.3, -0.25) is 4.90 Å². The lowest BCUT2D eigenvalue weighted by Crippen LogP contribution is -2.32. The molecule has 2 aliphatic heterocycles. The second-order valence-corrected chi connectivity index (χ2v) is 10.9. The summed E-state index contributed by atoms with van der Waals surface area (Å²) >= 11 is 4.75. The summed E-state index contributed by atoms with van der Waals surface area (Å²) in [5.41, 5.74) is 0.651. The van der Waals surface area contributed by atoms with Crippen molar-refractivity contribution in [2.45, 2.75) is 48.1 Å². The molecular weight excluding hydrogens is 496 g/mol. The summed E-state index contributed by atoms with van der Waals surface area (Å²) in [5, 5.41) is 3.45. The van der Waals surface area contributed by atoms with Crippen molar-refractivity contribution in [1.82, 2.24) is 20.0 Å². The Morgan fingerprint density at radius 2 is 1.55 bits per heavy atom. The van der Waals surface area contributed by atoms with E-state index >= 15 is 0 Å². The lowest BCUT2D eigenvalue weighted by atomic mass is 9.98. The SMILES string of the molecule is C=CCOC(=O)Cl.CCN(CC)CC1CN(Cc2ccccc2)CC1C.CCN(CC)CC1CNCC1C. The molecule has 1 aromatic carbocycles. The molecule has 1 aromatic rings. The molecule has 0 radical (unpaired) electrons. The molecule has 0 saturated carbocycles. The smallest absolute Gasteiger partial charge is 0.404 e. The van der Waals surface area contributed by atoms with Crippen molar-refractivity contribution in [3.63, 3.8) is 0 Å². The lowest BCUT2D eigenvalue weighted by molar-refractivity contribution is 0.186. The summed E-state index contributed by atoms with van der Waals surface area (Å²) in [6.07, 6.45) is 1.44. The van der Waals surface area contributed by atoms with Crippen LogP contribution in [0.5, 0.6) is 0 Å². The van der Waals surface area contributed by atoms with E-state index in [1.54, 1.807) is 0 Å². The molecule has 0 amide bonds. The fourth-order valence-electron chi connectivity index (χ4n) is 5.21. The monoisotopic (exact) mass is 550 g/mol. The van der Waals surface area contributed by atoms with Crippen molar-refractivity contribution in [3.05, 3.63) is 48.6 Å². The maximum atomic E-state index is 9.70. The van der Waals surface area contributed by atoms with Crippen molar-refractivity contribution in [3.8, 4) is 0 Å². The molecule has 0 aliphatic carbocycles. The Hall–Kier alpha value is -1.44. The Kier molecular flexibility index (Phi) is 18.6. The first-order chi connectivity index (χ1) is 18.3. The highest BCUT2D eigenvalue weighted by Crippen LogP contribution is 2.25. The van der Waals surface area contributed by atoms with Gasteiger partial charge in [-0.15, -0.1) is 0 Å². The standard InChI is InChI=1S/C17H28N2.C10H22N2.C4H5ClO2/c1-4-18(5-2)13-17-14-19(11-15(17)3)12-16-9-7-6-8-10-16;1-4-12(5-2)8-10-7-11-6-9(10)3;1-2-3-7-4(5)6/h6-10,15,17H,4-5,11-14H2,1-3H3;9-11H,4-8H2,1-3H3;2H,1,3H2. The molecule has 0 aromatic heterocycles. The van der Waals surface area contributed by atoms with Crippen LogP contribution in [0.2, 0.25) is 0 Å². The first-order valence-corrected chi connectivity index (χ1v) is 15.0. The molecule has 2 heterocycles. The fourth-order valence-corrected chi connectivity index (χ4v) is 5.27. The lowest BCUT2D eigenvalue weighted by Gasteiger charge is -2.24. The number of likely N-dealkylation sites (tertiary alicyclic amines) is 1. The van der Waals surface area contributed by atoms with Gasteiger partial charge in [-0.25, -0.2) is 4.79 Å². The third-order valence-corrected chi connectivity index (χ3v) is 7.97. The number of benzene rings is 1. The second-order valence-electron chi connectivity index (χ2n) is 10.6. The normalized spacial score (nSPS) is 23.0. The quantitative estimate of drug-likeness (QED) is 0.261. The number of nitrogens with one attached hydrogen (secondary N) is 1. The predicted molar refractivity (Wildman–Crippen MR) is 163 cm³/mol. The van der Waals surface area contributed by atoms with Crippen LogP contribution >= 0.6 is 11.6 Å². The molecule has 0 spiro atoms. The summed E-state index contributed by atoms with van der Waals surface area (Å²) in [4.78, 5) is 17.4. The molecule has 218 valence electrons. The minimum Gasteiger partial charge on any atom is -0.449 e. The van der Waals surface area contributed by atoms with E-state index in [0.717, 1.165) is 30.2 Å². The van der Waals surface area contributed by atoms with Gasteiger partial charge in [0.1, 0.15) is 6.61 Å². The average molecular weight is 551 g/mol. The number of carbonyl (C=O) groups excluding carboxylic acids is 1. The Morgan fingerprint density at radius 3 is 2.00 bits per heavy atom. The predicted octanol–water partition coefficient (Wildman–Crippen LogP) is 5.83. The first-order valence-electron chi connectivity index (χ1n) is 14.6. The number of hydrogen-bond acceptors (Lipinski definition) is 6. The van der Waals surface area contributed by atoms with Crippen LogP contribution < -0.4 is 5.32 Å². The Balaban J connectivity index is 0.000000324. The summed E-state index contributed by atoms with van der Waals surface area (Å²) < 4.78 is 4.20. The molecule has 1 N–H and O–H groups in total. The summed E-state index contributed by atoms with van der Waals surface area (Å²) in [7, 11) is 0. The molecule has 38 heavy (non-hydrogen) atoms. The van der Waals surface area contributed by atoms with E-state index in [1.807, 2.05) is 0 Å². The van der Waals surface area contributed by atoms with E-state index < -0.39 is 5.43 Å². The van der Waals surface area contributed by atoms with E-state index in [9.17, 15) is 4.79 Å². The maximum absolute atomic E-state index is 9.70. The van der Waals surface area contributed by atoms with Crippen LogP contribution in [-0.4, -0.2) is 92.2 Å². The second kappa shape index (κ2) is 20.5. The van der Waals surface area contributed by atoms with Crippen molar-refractivity contribution < 1.29 is 9.53 Å². The topological polar surface area (TPSA) is 48.1 Å². The minimum absolute atomic E-state index is 0.183. The molecule has 0 bridgehead atoms. The zero-order valence-corrected chi connectivity index (χ0v) is 25.8. The molecule has 2 fully saturated rings. The van der Waals surface area contributed by atoms with E-state index in [-0.39, 0.29) is 6.61 Å². The van der Waals surface area contributed by atoms with Crippen LogP contribution in [0, 0.1) is 23.7 Å². The molecule has 6 nitrogen and oxygen atoms in total. The molecular formula is C31H55ClN4O2. The van der Waals surface area contributed by atoms with Crippen molar-refractivity contribution in [2.75, 3.05) is 72.1 Å². The largest absolute Gasteiger partial charge is 0.449 e. The highest BCUT2D eigenvalue weighted by molar-refractivity contribution is 6.61. The van der Waals surface area contributed by atoms with Crippen LogP contribution in [0.25, 0.3) is 0 Å². The molecule has 4 unspecified atom stereocenters. The number of hydrogen-bond donors (Lipinski definition) is 1. The number of nitrogens with zero attached hydrogens (tertiary/aromatic N) is 3. The van der Waals surface area contributed by atoms with E-state index in [1.165, 1.54) is 77.1 Å². The average Bonchev–Trinajstić information content (AvgIpc) is 3.49. The Bertz CT molecular complexity index is 743. The van der Waals surface area contributed by atoms with Gasteiger partial charge in [-0.2, -0.15) is 0 Å². The Labute approximate surface area is 238 Å². The zero-order valence-electron chi connectivity index (χ0n) is 25.0. The number of ether oxygens (including phenoxy) is 1. The van der Waals surface area contributed by atoms with Gasteiger partial charge in [0.05, 0.1) is 0 Å². The first kappa shape index (κ1) is 34.6. The molecule has 2 saturated heterocycles. The number of halogens is 1. The molecule has 2 aliphatic rings. The van der Waals surface area contributed by atoms with Gasteiger partial charge < -0.3 is 19.9 Å². The van der Waals surface area contributed by atoms with Gasteiger partial charge in [0.2, 0.25) is 0 Å². The van der Waals surface area contributed by atoms with Gasteiger partial charge in [0.25, 0.3) is 0 Å². The van der Waals surface area contributed by atoms with Crippen molar-refractivity contribution in [1.29, 1.82) is 0 Å². The Morgan fingerprint density at radius 1 is 0.974 bits per heavy atom. The van der Waals surface area contributed by atoms with Crippen LogP contribution in [-0.2, 0) is 11.3 Å². The van der Waals surface area contributed by atoms with Crippen LogP contribution in [0.1, 0.15) is 47.1 Å². The summed E-state index contributed by atoms with van der Waals surface area (Å²) in [5.74, 6) is 3.41. The highest BCUT2D eigenvalue weighted by atomic mass is 35.5. The van der Waals surface area contributed by atoms with Crippen LogP contribution in [0.15, 0.2) is 43.0 Å². The summed E-state index contributed by atoms with van der Waals surface area (Å²) in [6, 6.07) is 10.9. The van der Waals surface area contributed by atoms with Gasteiger partial charge >= 0.3 is 5.43 Å². The van der Waals surface area contributed by atoms with Crippen molar-refractivity contribution >= 4 is 17.0 Å². The van der Waals surface area contributed by atoms with E-state index in [4.69, 9.17) is 11.6 Å². The van der Waals surface area contributed by atoms with E-state index in [0.29, 0.717) is 0 Å². The third kappa shape index (κ3) is 14.1. The number of carbonyl (C=O) groups is 1. The molecule has 3 rings (SSSR count). The van der Waals surface area contributed by atoms with Gasteiger partial charge in [0, 0.05) is 44.3 Å². The third-order valence-electron chi connectivity index (χ3n) is 7.86. The summed E-state index contributed by atoms with van der Waals surface area (Å²) in [6.45, 7) is 30.6. The van der Waals surface area contributed by atoms with Gasteiger partial charge in [0.15, 0.2) is 0 Å². The maximum Gasteiger partial charge on any atom is 0.404 e. The van der Waals surface area contributed by atoms with E-state index in [2.05, 4.69) is 103 Å². The molecule has 4 atom stereocenters. The van der Waals surface area contributed by atoms with Crippen molar-refractivity contribution in [2.24, 2.45) is 23.7 Å². The minimum atomic E-state index is -0.792. The van der Waals surface area contributed by atoms with Gasteiger partial charge in [-0.1, -0.05) is 84.5 Å². The zero-order chi connectivity index (χ0) is 28.3. The highest BCUT2D eigenvalue weighted by Gasteiger charge is 2.30. The van der Waals surface area contributed by atoms with Gasteiger partial charge in [-0.05, 0) is 68.5 Å². The van der Waals surface area contributed by atoms with Crippen LogP contribution in [0.3, 0.4) is 0 Å². The van der Waals surface area contributed by atoms with Crippen LogP contribution in [0.4, 0.5) is 4.79 Å².